The lowest BCUT2D eigenvalue weighted by molar-refractivity contribution is 0.0691. The zero-order chi connectivity index (χ0) is 22.7. The number of carboxylic acids is 1. The van der Waals surface area contributed by atoms with Gasteiger partial charge in [-0.05, 0) is 35.4 Å². The number of nitrogens with zero attached hydrogens (tertiary/aromatic N) is 2. The third-order valence-corrected chi connectivity index (χ3v) is 4.85. The Morgan fingerprint density at radius 1 is 1.16 bits per heavy atom. The van der Waals surface area contributed by atoms with Crippen molar-refractivity contribution in [1.82, 2.24) is 15.1 Å². The maximum atomic E-state index is 13.8. The number of alkyl halides is 2. The smallest absolute Gasteiger partial charge is 0.338 e. The largest absolute Gasteiger partial charge is 0.478 e. The molecule has 2 aromatic carbocycles. The molecule has 0 aliphatic rings. The van der Waals surface area contributed by atoms with Crippen molar-refractivity contribution in [2.75, 3.05) is 0 Å². The summed E-state index contributed by atoms with van der Waals surface area (Å²) < 4.78 is 42.1. The fourth-order valence-corrected chi connectivity index (χ4v) is 3.25. The molecule has 0 saturated heterocycles. The molecule has 3 rings (SSSR count). The second-order valence-electron chi connectivity index (χ2n) is 6.74. The Morgan fingerprint density at radius 3 is 2.39 bits per heavy atom. The number of rotatable bonds is 7. The molecule has 0 fully saturated rings. The van der Waals surface area contributed by atoms with Gasteiger partial charge < -0.3 is 10.4 Å². The van der Waals surface area contributed by atoms with Gasteiger partial charge in [0.15, 0.2) is 0 Å². The average molecular weight is 452 g/mol. The normalized spacial score (nSPS) is 11.0. The highest BCUT2D eigenvalue weighted by Gasteiger charge is 2.28. The molecule has 0 atom stereocenters. The molecular weight excluding hydrogens is 435 g/mol. The van der Waals surface area contributed by atoms with Crippen LogP contribution in [0.25, 0.3) is 0 Å². The molecule has 0 aliphatic heterocycles. The number of aromatic carboxylic acids is 1. The Hall–Kier alpha value is -3.33. The lowest BCUT2D eigenvalue weighted by Gasteiger charge is -2.09. The molecule has 6 nitrogen and oxygen atoms in total. The standard InChI is InChI=1S/C21H17ClF3N3O3/c1-28-18(19(24)25)17(16(27-28)9-11-2-5-13(22)6-3-11)20(29)26-10-12-4-7-14(21(30)31)15(23)8-12/h2-8,19H,9-10H2,1H3,(H,26,29)(H,30,31). The molecule has 3 aromatic rings. The molecule has 31 heavy (non-hydrogen) atoms. The molecule has 1 heterocycles. The van der Waals surface area contributed by atoms with Crippen LogP contribution in [0.2, 0.25) is 5.02 Å². The van der Waals surface area contributed by atoms with E-state index >= 15 is 0 Å². The molecule has 1 amide bonds. The molecule has 0 unspecified atom stereocenters. The quantitative estimate of drug-likeness (QED) is 0.558. The van der Waals surface area contributed by atoms with Gasteiger partial charge in [0.2, 0.25) is 0 Å². The van der Waals surface area contributed by atoms with E-state index in [4.69, 9.17) is 16.7 Å². The SMILES string of the molecule is Cn1nc(Cc2ccc(Cl)cc2)c(C(=O)NCc2ccc(C(=O)O)c(F)c2)c1C(F)F. The Bertz CT molecular complexity index is 1130. The van der Waals surface area contributed by atoms with Crippen molar-refractivity contribution in [2.24, 2.45) is 7.05 Å². The van der Waals surface area contributed by atoms with E-state index in [0.29, 0.717) is 5.02 Å². The van der Waals surface area contributed by atoms with Crippen LogP contribution in [0.1, 0.15) is 49.7 Å². The Labute approximate surface area is 180 Å². The first-order valence-electron chi connectivity index (χ1n) is 9.05. The summed E-state index contributed by atoms with van der Waals surface area (Å²) in [4.78, 5) is 23.7. The van der Waals surface area contributed by atoms with Gasteiger partial charge in [-0.25, -0.2) is 18.0 Å². The molecule has 0 spiro atoms. The molecule has 1 aromatic heterocycles. The van der Waals surface area contributed by atoms with Crippen molar-refractivity contribution in [3.8, 4) is 0 Å². The van der Waals surface area contributed by atoms with Crippen LogP contribution < -0.4 is 5.32 Å². The van der Waals surface area contributed by atoms with E-state index in [0.717, 1.165) is 22.4 Å². The summed E-state index contributed by atoms with van der Waals surface area (Å²) in [6.45, 7) is -0.187. The van der Waals surface area contributed by atoms with Crippen molar-refractivity contribution in [3.05, 3.63) is 86.9 Å². The summed E-state index contributed by atoms with van der Waals surface area (Å²) in [6, 6.07) is 10.1. The van der Waals surface area contributed by atoms with Gasteiger partial charge in [-0.15, -0.1) is 0 Å². The van der Waals surface area contributed by atoms with E-state index in [-0.39, 0.29) is 29.8 Å². The highest BCUT2D eigenvalue weighted by molar-refractivity contribution is 6.30. The average Bonchev–Trinajstić information content (AvgIpc) is 3.03. The number of halogens is 4. The zero-order valence-electron chi connectivity index (χ0n) is 16.2. The topological polar surface area (TPSA) is 84.2 Å². The Kier molecular flexibility index (Phi) is 6.65. The van der Waals surface area contributed by atoms with Gasteiger partial charge in [-0.2, -0.15) is 5.10 Å². The first-order chi connectivity index (χ1) is 14.7. The number of aromatic nitrogens is 2. The molecule has 0 aliphatic carbocycles. The van der Waals surface area contributed by atoms with Crippen molar-refractivity contribution < 1.29 is 27.9 Å². The number of carbonyl (C=O) groups excluding carboxylic acids is 1. The lowest BCUT2D eigenvalue weighted by Crippen LogP contribution is -2.25. The second kappa shape index (κ2) is 9.22. The molecule has 0 saturated carbocycles. The number of amides is 1. The Morgan fingerprint density at radius 2 is 1.81 bits per heavy atom. The minimum Gasteiger partial charge on any atom is -0.478 e. The van der Waals surface area contributed by atoms with Gasteiger partial charge in [0.05, 0.1) is 16.8 Å². The summed E-state index contributed by atoms with van der Waals surface area (Å²) in [5.74, 6) is -3.18. The van der Waals surface area contributed by atoms with Crippen LogP contribution in [0, 0.1) is 5.82 Å². The lowest BCUT2D eigenvalue weighted by atomic mass is 10.0. The molecular formula is C21H17ClF3N3O3. The van der Waals surface area contributed by atoms with E-state index in [1.807, 2.05) is 0 Å². The van der Waals surface area contributed by atoms with Crippen molar-refractivity contribution in [1.29, 1.82) is 0 Å². The number of hydrogen-bond donors (Lipinski definition) is 2. The van der Waals surface area contributed by atoms with Crippen molar-refractivity contribution in [3.63, 3.8) is 0 Å². The predicted molar refractivity (Wildman–Crippen MR) is 107 cm³/mol. The second-order valence-corrected chi connectivity index (χ2v) is 7.17. The number of nitrogens with one attached hydrogen (secondary N) is 1. The van der Waals surface area contributed by atoms with Crippen LogP contribution in [-0.4, -0.2) is 26.8 Å². The van der Waals surface area contributed by atoms with E-state index in [1.165, 1.54) is 13.1 Å². The fourth-order valence-electron chi connectivity index (χ4n) is 3.12. The summed E-state index contributed by atoms with van der Waals surface area (Å²) in [6.07, 6.45) is -2.81. The summed E-state index contributed by atoms with van der Waals surface area (Å²) in [5, 5.41) is 16.0. The monoisotopic (exact) mass is 451 g/mol. The number of carbonyl (C=O) groups is 2. The maximum Gasteiger partial charge on any atom is 0.338 e. The van der Waals surface area contributed by atoms with Crippen LogP contribution in [-0.2, 0) is 20.0 Å². The first kappa shape index (κ1) is 22.4. The molecule has 2 N–H and O–H groups in total. The fraction of sp³-hybridized carbons (Fsp3) is 0.190. The van der Waals surface area contributed by atoms with E-state index in [9.17, 15) is 22.8 Å². The van der Waals surface area contributed by atoms with Gasteiger partial charge >= 0.3 is 5.97 Å². The number of hydrogen-bond acceptors (Lipinski definition) is 3. The summed E-state index contributed by atoms with van der Waals surface area (Å²) in [5.41, 5.74) is -0.136. The highest BCUT2D eigenvalue weighted by atomic mass is 35.5. The number of carboxylic acid groups (broad SMARTS) is 1. The van der Waals surface area contributed by atoms with Gasteiger partial charge in [0.1, 0.15) is 11.5 Å². The van der Waals surface area contributed by atoms with Gasteiger partial charge in [0.25, 0.3) is 12.3 Å². The van der Waals surface area contributed by atoms with Gasteiger partial charge in [0, 0.05) is 25.0 Å². The third kappa shape index (κ3) is 5.05. The maximum absolute atomic E-state index is 13.8. The van der Waals surface area contributed by atoms with Gasteiger partial charge in [-0.3, -0.25) is 9.48 Å². The molecule has 0 radical (unpaired) electrons. The van der Waals surface area contributed by atoms with Crippen LogP contribution >= 0.6 is 11.6 Å². The third-order valence-electron chi connectivity index (χ3n) is 4.60. The van der Waals surface area contributed by atoms with Gasteiger partial charge in [-0.1, -0.05) is 29.8 Å². The van der Waals surface area contributed by atoms with Crippen LogP contribution in [0.3, 0.4) is 0 Å². The highest BCUT2D eigenvalue weighted by Crippen LogP contribution is 2.27. The predicted octanol–water partition coefficient (Wildman–Crippen LogP) is 4.37. The molecule has 10 heteroatoms. The van der Waals surface area contributed by atoms with E-state index in [2.05, 4.69) is 10.4 Å². The summed E-state index contributed by atoms with van der Waals surface area (Å²) in [7, 11) is 1.32. The van der Waals surface area contributed by atoms with E-state index in [1.54, 1.807) is 24.3 Å². The van der Waals surface area contributed by atoms with Crippen LogP contribution in [0.4, 0.5) is 13.2 Å². The molecule has 0 bridgehead atoms. The van der Waals surface area contributed by atoms with Crippen LogP contribution in [0.15, 0.2) is 42.5 Å². The minimum absolute atomic E-state index is 0.127. The van der Waals surface area contributed by atoms with Crippen LogP contribution in [0.5, 0.6) is 0 Å². The van der Waals surface area contributed by atoms with Crippen molar-refractivity contribution >= 4 is 23.5 Å². The Balaban J connectivity index is 1.86. The zero-order valence-corrected chi connectivity index (χ0v) is 17.0. The summed E-state index contributed by atoms with van der Waals surface area (Å²) >= 11 is 5.86. The minimum atomic E-state index is -2.94. The molecule has 162 valence electrons. The number of benzene rings is 2. The van der Waals surface area contributed by atoms with E-state index < -0.39 is 35.4 Å². The number of aryl methyl sites for hydroxylation is 1. The first-order valence-corrected chi connectivity index (χ1v) is 9.43. The van der Waals surface area contributed by atoms with Crippen molar-refractivity contribution in [2.45, 2.75) is 19.4 Å².